The summed E-state index contributed by atoms with van der Waals surface area (Å²) in [5.74, 6) is -2.14. The Morgan fingerprint density at radius 3 is 2.46 bits per heavy atom. The van der Waals surface area contributed by atoms with Crippen molar-refractivity contribution in [3.05, 3.63) is 104 Å². The molecule has 3 aromatic rings. The van der Waals surface area contributed by atoms with Crippen LogP contribution in [0.4, 0.5) is 20.6 Å². The number of anilines is 1. The van der Waals surface area contributed by atoms with Crippen LogP contribution in [0.15, 0.2) is 72.3 Å². The summed E-state index contributed by atoms with van der Waals surface area (Å²) in [6.07, 6.45) is 1.20. The molecule has 0 unspecified atom stereocenters. The molecule has 11 heteroatoms. The molecular weight excluding hydrogens is 481 g/mol. The predicted octanol–water partition coefficient (Wildman–Crippen LogP) is 4.63. The molecule has 1 N–H and O–H groups in total. The van der Waals surface area contributed by atoms with Gasteiger partial charge in [0.15, 0.2) is 0 Å². The first-order chi connectivity index (χ1) is 16.7. The number of imide groups is 2. The van der Waals surface area contributed by atoms with Gasteiger partial charge in [0, 0.05) is 28.3 Å². The molecule has 0 aromatic heterocycles. The topological polar surface area (TPSA) is 119 Å². The maximum Gasteiger partial charge on any atom is 0.335 e. The van der Waals surface area contributed by atoms with Crippen molar-refractivity contribution in [2.75, 3.05) is 4.90 Å². The highest BCUT2D eigenvalue weighted by Gasteiger charge is 2.37. The van der Waals surface area contributed by atoms with Crippen LogP contribution in [-0.4, -0.2) is 22.8 Å². The third-order valence-corrected chi connectivity index (χ3v) is 5.27. The largest absolute Gasteiger partial charge is 0.488 e. The van der Waals surface area contributed by atoms with Crippen molar-refractivity contribution in [3.8, 4) is 5.75 Å². The maximum atomic E-state index is 14.0. The van der Waals surface area contributed by atoms with E-state index >= 15 is 0 Å². The van der Waals surface area contributed by atoms with Gasteiger partial charge in [-0.15, -0.1) is 0 Å². The lowest BCUT2D eigenvalue weighted by Gasteiger charge is -2.26. The summed E-state index contributed by atoms with van der Waals surface area (Å²) in [6.45, 7) is -0.127. The third-order valence-electron chi connectivity index (χ3n) is 5.03. The van der Waals surface area contributed by atoms with Crippen molar-refractivity contribution in [2.24, 2.45) is 0 Å². The SMILES string of the molecule is O=C1NC(=O)N(c2ccc([N+](=O)[O-])cc2)C(=O)C1=Cc1cc(Cl)ccc1OCc1ccccc1F. The molecule has 4 rings (SSSR count). The van der Waals surface area contributed by atoms with E-state index in [0.717, 1.165) is 12.1 Å². The minimum absolute atomic E-state index is 0.0265. The van der Waals surface area contributed by atoms with Crippen LogP contribution in [-0.2, 0) is 16.2 Å². The molecule has 176 valence electrons. The van der Waals surface area contributed by atoms with Crippen LogP contribution in [0.1, 0.15) is 11.1 Å². The lowest BCUT2D eigenvalue weighted by atomic mass is 10.1. The zero-order chi connectivity index (χ0) is 25.1. The van der Waals surface area contributed by atoms with Gasteiger partial charge >= 0.3 is 6.03 Å². The van der Waals surface area contributed by atoms with Crippen LogP contribution in [0.3, 0.4) is 0 Å². The summed E-state index contributed by atoms with van der Waals surface area (Å²) in [5, 5.41) is 13.2. The van der Waals surface area contributed by atoms with Crippen LogP contribution < -0.4 is 15.0 Å². The molecule has 4 amide bonds. The molecular formula is C24H15ClFN3O6. The summed E-state index contributed by atoms with van der Waals surface area (Å²) in [5.41, 5.74) is -0.0755. The molecule has 35 heavy (non-hydrogen) atoms. The summed E-state index contributed by atoms with van der Waals surface area (Å²) in [6, 6.07) is 14.2. The lowest BCUT2D eigenvalue weighted by Crippen LogP contribution is -2.54. The van der Waals surface area contributed by atoms with E-state index in [0.29, 0.717) is 10.5 Å². The van der Waals surface area contributed by atoms with Crippen LogP contribution in [0, 0.1) is 15.9 Å². The normalized spacial score (nSPS) is 14.7. The van der Waals surface area contributed by atoms with Gasteiger partial charge in [0.05, 0.1) is 10.6 Å². The van der Waals surface area contributed by atoms with Crippen molar-refractivity contribution in [3.63, 3.8) is 0 Å². The second-order valence-corrected chi connectivity index (χ2v) is 7.73. The van der Waals surface area contributed by atoms with E-state index in [2.05, 4.69) is 5.32 Å². The Kier molecular flexibility index (Phi) is 6.56. The van der Waals surface area contributed by atoms with Crippen LogP contribution in [0.2, 0.25) is 5.02 Å². The van der Waals surface area contributed by atoms with Gasteiger partial charge < -0.3 is 4.74 Å². The number of nitro benzene ring substituents is 1. The van der Waals surface area contributed by atoms with E-state index < -0.39 is 34.2 Å². The van der Waals surface area contributed by atoms with Crippen LogP contribution in [0.5, 0.6) is 5.75 Å². The number of nitrogens with zero attached hydrogens (tertiary/aromatic N) is 2. The van der Waals surface area contributed by atoms with E-state index in [4.69, 9.17) is 16.3 Å². The number of benzene rings is 3. The fourth-order valence-electron chi connectivity index (χ4n) is 3.31. The van der Waals surface area contributed by atoms with Crippen molar-refractivity contribution in [1.82, 2.24) is 5.32 Å². The van der Waals surface area contributed by atoms with Gasteiger partial charge in [-0.2, -0.15) is 0 Å². The number of halogens is 2. The number of carbonyl (C=O) groups is 3. The van der Waals surface area contributed by atoms with E-state index in [-0.39, 0.29) is 34.3 Å². The zero-order valence-electron chi connectivity index (χ0n) is 17.7. The van der Waals surface area contributed by atoms with Gasteiger partial charge in [-0.05, 0) is 42.5 Å². The molecule has 1 heterocycles. The highest BCUT2D eigenvalue weighted by Crippen LogP contribution is 2.29. The quantitative estimate of drug-likeness (QED) is 0.230. The molecule has 1 aliphatic rings. The van der Waals surface area contributed by atoms with Gasteiger partial charge in [-0.1, -0.05) is 29.8 Å². The molecule has 0 aliphatic carbocycles. The van der Waals surface area contributed by atoms with Crippen molar-refractivity contribution < 1.29 is 28.4 Å². The fraction of sp³-hybridized carbons (Fsp3) is 0.0417. The second-order valence-electron chi connectivity index (χ2n) is 7.29. The average molecular weight is 496 g/mol. The number of nitro groups is 1. The smallest absolute Gasteiger partial charge is 0.335 e. The predicted molar refractivity (Wildman–Crippen MR) is 124 cm³/mol. The molecule has 0 atom stereocenters. The number of urea groups is 1. The molecule has 0 bridgehead atoms. The Morgan fingerprint density at radius 2 is 1.77 bits per heavy atom. The number of hydrogen-bond donors (Lipinski definition) is 1. The minimum Gasteiger partial charge on any atom is -0.488 e. The van der Waals surface area contributed by atoms with Crippen LogP contribution >= 0.6 is 11.6 Å². The van der Waals surface area contributed by atoms with E-state index in [1.54, 1.807) is 18.2 Å². The molecule has 1 aliphatic heterocycles. The number of rotatable bonds is 6. The minimum atomic E-state index is -1.01. The Balaban J connectivity index is 1.67. The van der Waals surface area contributed by atoms with Gasteiger partial charge in [0.25, 0.3) is 17.5 Å². The first-order valence-corrected chi connectivity index (χ1v) is 10.4. The summed E-state index contributed by atoms with van der Waals surface area (Å²) < 4.78 is 19.7. The Morgan fingerprint density at radius 1 is 1.06 bits per heavy atom. The number of hydrogen-bond acceptors (Lipinski definition) is 6. The summed E-state index contributed by atoms with van der Waals surface area (Å²) in [7, 11) is 0. The number of carbonyl (C=O) groups excluding carboxylic acids is 3. The third kappa shape index (κ3) is 5.02. The zero-order valence-corrected chi connectivity index (χ0v) is 18.5. The number of amides is 4. The second kappa shape index (κ2) is 9.74. The number of non-ortho nitro benzene ring substituents is 1. The van der Waals surface area contributed by atoms with Crippen molar-refractivity contribution >= 4 is 46.9 Å². The maximum absolute atomic E-state index is 14.0. The molecule has 1 fully saturated rings. The molecule has 1 saturated heterocycles. The molecule has 9 nitrogen and oxygen atoms in total. The Bertz CT molecular complexity index is 1390. The number of barbiturate groups is 1. The van der Waals surface area contributed by atoms with Gasteiger partial charge in [0.1, 0.15) is 23.7 Å². The average Bonchev–Trinajstić information content (AvgIpc) is 2.82. The van der Waals surface area contributed by atoms with E-state index in [1.165, 1.54) is 42.5 Å². The number of nitrogens with one attached hydrogen (secondary N) is 1. The summed E-state index contributed by atoms with van der Waals surface area (Å²) in [4.78, 5) is 48.9. The molecule has 0 radical (unpaired) electrons. The fourth-order valence-corrected chi connectivity index (χ4v) is 3.49. The Hall–Kier alpha value is -4.57. The van der Waals surface area contributed by atoms with Gasteiger partial charge in [-0.3, -0.25) is 25.0 Å². The van der Waals surface area contributed by atoms with Crippen molar-refractivity contribution in [2.45, 2.75) is 6.61 Å². The lowest BCUT2D eigenvalue weighted by molar-refractivity contribution is -0.384. The number of ether oxygens (including phenoxy) is 1. The van der Waals surface area contributed by atoms with Crippen LogP contribution in [0.25, 0.3) is 6.08 Å². The molecule has 0 spiro atoms. The molecule has 0 saturated carbocycles. The Labute approximate surface area is 202 Å². The molecule has 3 aromatic carbocycles. The van der Waals surface area contributed by atoms with E-state index in [1.807, 2.05) is 0 Å². The van der Waals surface area contributed by atoms with Gasteiger partial charge in [-0.25, -0.2) is 14.1 Å². The standard InChI is InChI=1S/C24H15ClFN3O6/c25-16-5-10-21(35-13-14-3-1-2-4-20(14)26)15(11-16)12-19-22(30)27-24(32)28(23(19)31)17-6-8-18(9-7-17)29(33)34/h1-12H,13H2,(H,27,30,32). The first-order valence-electron chi connectivity index (χ1n) is 10.1. The monoisotopic (exact) mass is 495 g/mol. The van der Waals surface area contributed by atoms with Crippen molar-refractivity contribution in [1.29, 1.82) is 0 Å². The van der Waals surface area contributed by atoms with E-state index in [9.17, 15) is 28.9 Å². The summed E-state index contributed by atoms with van der Waals surface area (Å²) >= 11 is 6.09. The highest BCUT2D eigenvalue weighted by atomic mass is 35.5. The highest BCUT2D eigenvalue weighted by molar-refractivity contribution is 6.39. The first kappa shape index (κ1) is 23.6. The van der Waals surface area contributed by atoms with Gasteiger partial charge in [0.2, 0.25) is 0 Å².